The quantitative estimate of drug-likeness (QED) is 0.773. The lowest BCUT2D eigenvalue weighted by Crippen LogP contribution is -2.26. The highest BCUT2D eigenvalue weighted by Crippen LogP contribution is 2.34. The van der Waals surface area contributed by atoms with Crippen LogP contribution in [0.2, 0.25) is 0 Å². The standard InChI is InChI=1S/C17H24O/c1-13-10-14(2)12-16(11-13)17(18)9-8-15-6-4-3-5-7-15/h3-7,13-14,16H,8-12H2,1-2H3. The van der Waals surface area contributed by atoms with Crippen molar-refractivity contribution < 1.29 is 4.79 Å². The molecule has 1 aliphatic rings. The minimum atomic E-state index is 0.326. The Kier molecular flexibility index (Phi) is 4.57. The van der Waals surface area contributed by atoms with E-state index in [0.717, 1.165) is 31.1 Å². The first-order chi connectivity index (χ1) is 8.65. The molecular weight excluding hydrogens is 220 g/mol. The van der Waals surface area contributed by atoms with Gasteiger partial charge in [-0.3, -0.25) is 4.79 Å². The van der Waals surface area contributed by atoms with Crippen LogP contribution in [-0.4, -0.2) is 5.78 Å². The van der Waals surface area contributed by atoms with Crippen LogP contribution in [0.25, 0.3) is 0 Å². The predicted molar refractivity (Wildman–Crippen MR) is 75.4 cm³/mol. The Morgan fingerprint density at radius 1 is 1.06 bits per heavy atom. The number of ketones is 1. The van der Waals surface area contributed by atoms with Crippen molar-refractivity contribution in [3.05, 3.63) is 35.9 Å². The summed E-state index contributed by atoms with van der Waals surface area (Å²) >= 11 is 0. The van der Waals surface area contributed by atoms with Crippen LogP contribution < -0.4 is 0 Å². The molecule has 0 saturated heterocycles. The fourth-order valence-corrected chi connectivity index (χ4v) is 3.33. The zero-order valence-corrected chi connectivity index (χ0v) is 11.6. The molecule has 98 valence electrons. The number of Topliss-reactive ketones (excluding diaryl/α,β-unsaturated/α-hetero) is 1. The van der Waals surface area contributed by atoms with Crippen LogP contribution in [0.15, 0.2) is 30.3 Å². The van der Waals surface area contributed by atoms with Crippen LogP contribution in [-0.2, 0) is 11.2 Å². The zero-order chi connectivity index (χ0) is 13.0. The van der Waals surface area contributed by atoms with Gasteiger partial charge >= 0.3 is 0 Å². The van der Waals surface area contributed by atoms with Crippen LogP contribution in [0, 0.1) is 17.8 Å². The van der Waals surface area contributed by atoms with Gasteiger partial charge in [-0.15, -0.1) is 0 Å². The van der Waals surface area contributed by atoms with Crippen LogP contribution in [0.4, 0.5) is 0 Å². The molecule has 1 saturated carbocycles. The first kappa shape index (κ1) is 13.3. The molecule has 2 atom stereocenters. The molecular formula is C17H24O. The maximum atomic E-state index is 12.3. The van der Waals surface area contributed by atoms with E-state index in [1.807, 2.05) is 18.2 Å². The molecule has 1 nitrogen and oxygen atoms in total. The second-order valence-electron chi connectivity index (χ2n) is 6.07. The normalized spacial score (nSPS) is 28.0. The second-order valence-corrected chi connectivity index (χ2v) is 6.07. The predicted octanol–water partition coefficient (Wildman–Crippen LogP) is 4.26. The molecule has 1 heteroatoms. The van der Waals surface area contributed by atoms with Crippen LogP contribution in [0.3, 0.4) is 0 Å². The second kappa shape index (κ2) is 6.17. The van der Waals surface area contributed by atoms with E-state index in [9.17, 15) is 4.79 Å². The molecule has 0 spiro atoms. The Hall–Kier alpha value is -1.11. The van der Waals surface area contributed by atoms with Crippen molar-refractivity contribution in [1.29, 1.82) is 0 Å². The summed E-state index contributed by atoms with van der Waals surface area (Å²) in [5.41, 5.74) is 1.28. The lowest BCUT2D eigenvalue weighted by Gasteiger charge is -2.30. The van der Waals surface area contributed by atoms with Gasteiger partial charge in [0.05, 0.1) is 0 Å². The van der Waals surface area contributed by atoms with Crippen molar-refractivity contribution in [3.8, 4) is 0 Å². The van der Waals surface area contributed by atoms with Gasteiger partial charge < -0.3 is 0 Å². The van der Waals surface area contributed by atoms with Crippen molar-refractivity contribution in [3.63, 3.8) is 0 Å². The summed E-state index contributed by atoms with van der Waals surface area (Å²) in [5, 5.41) is 0. The third-order valence-corrected chi connectivity index (χ3v) is 4.14. The Balaban J connectivity index is 1.84. The van der Waals surface area contributed by atoms with Gasteiger partial charge in [-0.2, -0.15) is 0 Å². The lowest BCUT2D eigenvalue weighted by molar-refractivity contribution is -0.124. The van der Waals surface area contributed by atoms with Gasteiger partial charge in [-0.25, -0.2) is 0 Å². The van der Waals surface area contributed by atoms with E-state index in [1.54, 1.807) is 0 Å². The monoisotopic (exact) mass is 244 g/mol. The summed E-state index contributed by atoms with van der Waals surface area (Å²) in [5.74, 6) is 2.25. The van der Waals surface area contributed by atoms with E-state index in [-0.39, 0.29) is 0 Å². The molecule has 0 aromatic heterocycles. The highest BCUT2D eigenvalue weighted by atomic mass is 16.1. The number of carbonyl (C=O) groups is 1. The third kappa shape index (κ3) is 3.69. The van der Waals surface area contributed by atoms with Gasteiger partial charge in [0.2, 0.25) is 0 Å². The number of hydrogen-bond acceptors (Lipinski definition) is 1. The van der Waals surface area contributed by atoms with Gasteiger partial charge in [0.1, 0.15) is 5.78 Å². The highest BCUT2D eigenvalue weighted by molar-refractivity contribution is 5.81. The molecule has 1 aliphatic carbocycles. The first-order valence-electron chi connectivity index (χ1n) is 7.21. The van der Waals surface area contributed by atoms with E-state index in [2.05, 4.69) is 26.0 Å². The molecule has 0 aliphatic heterocycles. The molecule has 1 aromatic carbocycles. The number of aryl methyl sites for hydroxylation is 1. The minimum Gasteiger partial charge on any atom is -0.299 e. The number of rotatable bonds is 4. The smallest absolute Gasteiger partial charge is 0.136 e. The summed E-state index contributed by atoms with van der Waals surface area (Å²) in [6.07, 6.45) is 5.13. The molecule has 2 unspecified atom stereocenters. The summed E-state index contributed by atoms with van der Waals surface area (Å²) in [6, 6.07) is 10.3. The van der Waals surface area contributed by atoms with Gasteiger partial charge in [0.15, 0.2) is 0 Å². The van der Waals surface area contributed by atoms with Crippen molar-refractivity contribution >= 4 is 5.78 Å². The SMILES string of the molecule is CC1CC(C)CC(C(=O)CCc2ccccc2)C1. The molecule has 18 heavy (non-hydrogen) atoms. The van der Waals surface area contributed by atoms with Gasteiger partial charge in [-0.05, 0) is 43.1 Å². The van der Waals surface area contributed by atoms with Gasteiger partial charge in [-0.1, -0.05) is 44.2 Å². The largest absolute Gasteiger partial charge is 0.299 e. The fourth-order valence-electron chi connectivity index (χ4n) is 3.33. The van der Waals surface area contributed by atoms with E-state index < -0.39 is 0 Å². The summed E-state index contributed by atoms with van der Waals surface area (Å²) in [7, 11) is 0. The summed E-state index contributed by atoms with van der Waals surface area (Å²) in [6.45, 7) is 4.57. The topological polar surface area (TPSA) is 17.1 Å². The van der Waals surface area contributed by atoms with E-state index in [0.29, 0.717) is 18.1 Å². The van der Waals surface area contributed by atoms with Crippen molar-refractivity contribution in [2.75, 3.05) is 0 Å². The van der Waals surface area contributed by atoms with Crippen LogP contribution >= 0.6 is 0 Å². The van der Waals surface area contributed by atoms with Crippen molar-refractivity contribution in [2.45, 2.75) is 46.0 Å². The molecule has 0 radical (unpaired) electrons. The Labute approximate surface area is 111 Å². The summed E-state index contributed by atoms with van der Waals surface area (Å²) < 4.78 is 0. The maximum Gasteiger partial charge on any atom is 0.136 e. The van der Waals surface area contributed by atoms with Crippen LogP contribution in [0.5, 0.6) is 0 Å². The molecule has 0 bridgehead atoms. The average molecular weight is 244 g/mol. The fraction of sp³-hybridized carbons (Fsp3) is 0.588. The Bertz CT molecular complexity index is 372. The average Bonchev–Trinajstić information content (AvgIpc) is 2.36. The van der Waals surface area contributed by atoms with E-state index >= 15 is 0 Å². The van der Waals surface area contributed by atoms with Crippen LogP contribution in [0.1, 0.15) is 45.1 Å². The molecule has 0 N–H and O–H groups in total. The number of carbonyl (C=O) groups excluding carboxylic acids is 1. The lowest BCUT2D eigenvalue weighted by atomic mass is 9.74. The van der Waals surface area contributed by atoms with Gasteiger partial charge in [0, 0.05) is 12.3 Å². The number of hydrogen-bond donors (Lipinski definition) is 0. The highest BCUT2D eigenvalue weighted by Gasteiger charge is 2.28. The molecule has 2 rings (SSSR count). The first-order valence-corrected chi connectivity index (χ1v) is 7.21. The van der Waals surface area contributed by atoms with Gasteiger partial charge in [0.25, 0.3) is 0 Å². The Morgan fingerprint density at radius 3 is 2.28 bits per heavy atom. The van der Waals surface area contributed by atoms with Crippen molar-refractivity contribution in [2.24, 2.45) is 17.8 Å². The molecule has 0 amide bonds. The van der Waals surface area contributed by atoms with Crippen molar-refractivity contribution in [1.82, 2.24) is 0 Å². The Morgan fingerprint density at radius 2 is 1.67 bits per heavy atom. The minimum absolute atomic E-state index is 0.326. The molecule has 0 heterocycles. The molecule has 1 fully saturated rings. The molecule has 1 aromatic rings. The van der Waals surface area contributed by atoms with E-state index in [4.69, 9.17) is 0 Å². The summed E-state index contributed by atoms with van der Waals surface area (Å²) in [4.78, 5) is 12.3. The van der Waals surface area contributed by atoms with E-state index in [1.165, 1.54) is 12.0 Å². The third-order valence-electron chi connectivity index (χ3n) is 4.14. The zero-order valence-electron chi connectivity index (χ0n) is 11.6. The maximum absolute atomic E-state index is 12.3. The number of benzene rings is 1.